The van der Waals surface area contributed by atoms with E-state index in [0.29, 0.717) is 19.3 Å². The number of rotatable bonds is 6. The number of hydrogen-bond acceptors (Lipinski definition) is 3. The van der Waals surface area contributed by atoms with Crippen molar-refractivity contribution in [1.82, 2.24) is 0 Å². The molecule has 0 aliphatic heterocycles. The van der Waals surface area contributed by atoms with E-state index in [-0.39, 0.29) is 17.8 Å². The van der Waals surface area contributed by atoms with Crippen LogP contribution in [0.5, 0.6) is 0 Å². The molecule has 0 aliphatic rings. The highest BCUT2D eigenvalue weighted by Crippen LogP contribution is 2.35. The van der Waals surface area contributed by atoms with Gasteiger partial charge in [0.2, 0.25) is 0 Å². The van der Waals surface area contributed by atoms with Crippen molar-refractivity contribution in [2.24, 2.45) is 5.41 Å². The fourth-order valence-electron chi connectivity index (χ4n) is 0.946. The molecule has 90 valence electrons. The van der Waals surface area contributed by atoms with E-state index in [0.717, 1.165) is 0 Å². The monoisotopic (exact) mass is 238 g/mol. The molecule has 0 aromatic heterocycles. The van der Waals surface area contributed by atoms with Crippen LogP contribution in [0.2, 0.25) is 0 Å². The van der Waals surface area contributed by atoms with Crippen LogP contribution in [0.3, 0.4) is 0 Å². The van der Waals surface area contributed by atoms with Crippen molar-refractivity contribution >= 4 is 13.6 Å². The molecule has 0 aromatic rings. The molecule has 0 heterocycles. The van der Waals surface area contributed by atoms with Crippen molar-refractivity contribution < 1.29 is 23.7 Å². The van der Waals surface area contributed by atoms with E-state index in [1.807, 2.05) is 20.8 Å². The second kappa shape index (κ2) is 5.75. The van der Waals surface area contributed by atoms with Gasteiger partial charge in [-0.05, 0) is 12.8 Å². The highest BCUT2D eigenvalue weighted by molar-refractivity contribution is 7.46. The van der Waals surface area contributed by atoms with Gasteiger partial charge in [0.05, 0.1) is 6.61 Å². The van der Waals surface area contributed by atoms with Gasteiger partial charge in [-0.2, -0.15) is 0 Å². The van der Waals surface area contributed by atoms with Crippen molar-refractivity contribution in [2.75, 3.05) is 6.61 Å². The Hall–Kier alpha value is -0.220. The van der Waals surface area contributed by atoms with Gasteiger partial charge in [0, 0.05) is 11.8 Å². The third-order valence-electron chi connectivity index (χ3n) is 1.89. The van der Waals surface area contributed by atoms with E-state index >= 15 is 0 Å². The van der Waals surface area contributed by atoms with Crippen LogP contribution in [0.15, 0.2) is 0 Å². The highest BCUT2D eigenvalue weighted by Gasteiger charge is 2.20. The summed E-state index contributed by atoms with van der Waals surface area (Å²) < 4.78 is 14.5. The summed E-state index contributed by atoms with van der Waals surface area (Å²) in [5.41, 5.74) is -0.343. The Balaban J connectivity index is 3.57. The van der Waals surface area contributed by atoms with Crippen LogP contribution in [-0.2, 0) is 13.9 Å². The third-order valence-corrected chi connectivity index (χ3v) is 2.41. The predicted molar refractivity (Wildman–Crippen MR) is 56.3 cm³/mol. The lowest BCUT2D eigenvalue weighted by molar-refractivity contribution is -0.126. The van der Waals surface area contributed by atoms with E-state index in [1.54, 1.807) is 0 Å². The summed E-state index contributed by atoms with van der Waals surface area (Å²) in [5, 5.41) is 0. The molecule has 0 saturated carbocycles. The minimum atomic E-state index is -4.35. The quantitative estimate of drug-likeness (QED) is 0.545. The average Bonchev–Trinajstić information content (AvgIpc) is 1.99. The number of carbonyl (C=O) groups excluding carboxylic acids is 1. The lowest BCUT2D eigenvalue weighted by Gasteiger charge is -2.16. The van der Waals surface area contributed by atoms with Gasteiger partial charge in [0.1, 0.15) is 5.78 Å². The van der Waals surface area contributed by atoms with Crippen LogP contribution in [-0.4, -0.2) is 22.2 Å². The molecule has 0 atom stereocenters. The SMILES string of the molecule is CC(C)(C)C(=O)CCCCOP(=O)(O)O. The molecule has 6 heteroatoms. The van der Waals surface area contributed by atoms with Crippen LogP contribution in [0, 0.1) is 5.41 Å². The minimum Gasteiger partial charge on any atom is -0.303 e. The van der Waals surface area contributed by atoms with Crippen LogP contribution in [0.25, 0.3) is 0 Å². The molecule has 15 heavy (non-hydrogen) atoms. The standard InChI is InChI=1S/C9H19O5P/c1-9(2,3)8(10)6-4-5-7-14-15(11,12)13/h4-7H2,1-3H3,(H2,11,12,13). The van der Waals surface area contributed by atoms with Crippen molar-refractivity contribution in [3.63, 3.8) is 0 Å². The minimum absolute atomic E-state index is 0.0122. The first-order valence-corrected chi connectivity index (χ1v) is 6.39. The van der Waals surface area contributed by atoms with E-state index in [2.05, 4.69) is 4.52 Å². The molecule has 0 unspecified atom stereocenters. The number of phosphoric acid groups is 1. The Labute approximate surface area is 90.1 Å². The molecule has 0 amide bonds. The van der Waals surface area contributed by atoms with Crippen molar-refractivity contribution in [2.45, 2.75) is 40.0 Å². The topological polar surface area (TPSA) is 83.8 Å². The van der Waals surface area contributed by atoms with Crippen molar-refractivity contribution in [3.05, 3.63) is 0 Å². The molecule has 0 radical (unpaired) electrons. The second-order valence-electron chi connectivity index (χ2n) is 4.45. The summed E-state index contributed by atoms with van der Waals surface area (Å²) in [6, 6.07) is 0. The molecule has 2 N–H and O–H groups in total. The Bertz CT molecular complexity index is 250. The zero-order valence-electron chi connectivity index (χ0n) is 9.39. The molecular weight excluding hydrogens is 219 g/mol. The predicted octanol–water partition coefficient (Wildman–Crippen LogP) is 1.88. The van der Waals surface area contributed by atoms with E-state index in [4.69, 9.17) is 9.79 Å². The number of Topliss-reactive ketones (excluding diaryl/α,β-unsaturated/α-hetero) is 1. The third kappa shape index (κ3) is 8.75. The van der Waals surface area contributed by atoms with E-state index < -0.39 is 7.82 Å². The number of unbranched alkanes of at least 4 members (excludes halogenated alkanes) is 1. The van der Waals surface area contributed by atoms with Gasteiger partial charge >= 0.3 is 7.82 Å². The fraction of sp³-hybridized carbons (Fsp3) is 0.889. The van der Waals surface area contributed by atoms with Crippen LogP contribution in [0.4, 0.5) is 0 Å². The second-order valence-corrected chi connectivity index (χ2v) is 5.69. The van der Waals surface area contributed by atoms with Crippen LogP contribution < -0.4 is 0 Å². The summed E-state index contributed by atoms with van der Waals surface area (Å²) >= 11 is 0. The molecule has 0 bridgehead atoms. The maximum absolute atomic E-state index is 11.4. The first-order chi connectivity index (χ1) is 6.63. The molecule has 0 spiro atoms. The molecular formula is C9H19O5P. The molecule has 0 saturated heterocycles. The summed E-state index contributed by atoms with van der Waals surface area (Å²) in [5.74, 6) is 0.152. The lowest BCUT2D eigenvalue weighted by Crippen LogP contribution is -2.19. The molecule has 0 fully saturated rings. The normalized spacial score (nSPS) is 12.9. The Kier molecular flexibility index (Phi) is 5.67. The van der Waals surface area contributed by atoms with Gasteiger partial charge in [-0.1, -0.05) is 20.8 Å². The number of phosphoric ester groups is 1. The van der Waals surface area contributed by atoms with Crippen molar-refractivity contribution in [1.29, 1.82) is 0 Å². The summed E-state index contributed by atoms with van der Waals surface area (Å²) in [7, 11) is -4.35. The first kappa shape index (κ1) is 14.8. The summed E-state index contributed by atoms with van der Waals surface area (Å²) in [6.07, 6.45) is 1.50. The average molecular weight is 238 g/mol. The van der Waals surface area contributed by atoms with Crippen LogP contribution >= 0.6 is 7.82 Å². The molecule has 0 aromatic carbocycles. The Morgan fingerprint density at radius 2 is 1.80 bits per heavy atom. The number of carbonyl (C=O) groups is 1. The summed E-state index contributed by atoms with van der Waals surface area (Å²) in [4.78, 5) is 28.2. The maximum atomic E-state index is 11.4. The Morgan fingerprint density at radius 1 is 1.27 bits per heavy atom. The zero-order valence-corrected chi connectivity index (χ0v) is 10.3. The Morgan fingerprint density at radius 3 is 2.20 bits per heavy atom. The smallest absolute Gasteiger partial charge is 0.303 e. The van der Waals surface area contributed by atoms with Gasteiger partial charge in [-0.25, -0.2) is 4.57 Å². The molecule has 0 rings (SSSR count). The number of ketones is 1. The van der Waals surface area contributed by atoms with Crippen LogP contribution in [0.1, 0.15) is 40.0 Å². The fourth-order valence-corrected chi connectivity index (χ4v) is 1.31. The van der Waals surface area contributed by atoms with Gasteiger partial charge < -0.3 is 9.79 Å². The van der Waals surface area contributed by atoms with E-state index in [1.165, 1.54) is 0 Å². The zero-order chi connectivity index (χ0) is 12.1. The van der Waals surface area contributed by atoms with Gasteiger partial charge in [-0.15, -0.1) is 0 Å². The molecule has 0 aliphatic carbocycles. The number of hydrogen-bond donors (Lipinski definition) is 2. The van der Waals surface area contributed by atoms with Crippen molar-refractivity contribution in [3.8, 4) is 0 Å². The molecule has 5 nitrogen and oxygen atoms in total. The highest BCUT2D eigenvalue weighted by atomic mass is 31.2. The first-order valence-electron chi connectivity index (χ1n) is 4.86. The largest absolute Gasteiger partial charge is 0.469 e. The van der Waals surface area contributed by atoms with E-state index in [9.17, 15) is 9.36 Å². The van der Waals surface area contributed by atoms with Gasteiger partial charge in [0.15, 0.2) is 0 Å². The van der Waals surface area contributed by atoms with Gasteiger partial charge in [0.25, 0.3) is 0 Å². The van der Waals surface area contributed by atoms with Gasteiger partial charge in [-0.3, -0.25) is 9.32 Å². The maximum Gasteiger partial charge on any atom is 0.469 e. The summed E-state index contributed by atoms with van der Waals surface area (Å²) in [6.45, 7) is 5.53. The lowest BCUT2D eigenvalue weighted by atomic mass is 9.88.